The van der Waals surface area contributed by atoms with E-state index in [-0.39, 0.29) is 5.91 Å². The summed E-state index contributed by atoms with van der Waals surface area (Å²) in [5, 5.41) is 2.91. The van der Waals surface area contributed by atoms with Gasteiger partial charge < -0.3 is 5.32 Å². The summed E-state index contributed by atoms with van der Waals surface area (Å²) >= 11 is 6.93. The second-order valence-electron chi connectivity index (χ2n) is 4.66. The molecule has 3 rings (SSSR count). The van der Waals surface area contributed by atoms with Gasteiger partial charge in [-0.25, -0.2) is 0 Å². The van der Waals surface area contributed by atoms with Gasteiger partial charge in [-0.3, -0.25) is 4.79 Å². The molecule has 1 heterocycles. The van der Waals surface area contributed by atoms with Crippen molar-refractivity contribution >= 4 is 55.1 Å². The molecule has 4 heteroatoms. The number of anilines is 1. The Kier molecular flexibility index (Phi) is 3.52. The molecule has 0 saturated carbocycles. The molecular weight excluding hydrogens is 382 g/mol. The molecule has 2 aromatic carbocycles. The molecule has 1 N–H and O–H groups in total. The molecule has 1 aliphatic rings. The Morgan fingerprint density at radius 2 is 1.75 bits per heavy atom. The van der Waals surface area contributed by atoms with E-state index in [1.165, 1.54) is 0 Å². The molecular formula is C16H11Br2NO. The maximum absolute atomic E-state index is 12.2. The minimum Gasteiger partial charge on any atom is -0.321 e. The van der Waals surface area contributed by atoms with Crippen molar-refractivity contribution in [1.29, 1.82) is 0 Å². The van der Waals surface area contributed by atoms with Gasteiger partial charge in [0.2, 0.25) is 0 Å². The Balaban J connectivity index is 2.14. The van der Waals surface area contributed by atoms with Gasteiger partial charge in [0.05, 0.1) is 0 Å². The fourth-order valence-electron chi connectivity index (χ4n) is 2.30. The summed E-state index contributed by atoms with van der Waals surface area (Å²) in [6.45, 7) is 2.01. The van der Waals surface area contributed by atoms with Crippen LogP contribution in [-0.2, 0) is 4.79 Å². The lowest BCUT2D eigenvalue weighted by atomic mass is 9.99. The van der Waals surface area contributed by atoms with Crippen molar-refractivity contribution in [2.75, 3.05) is 5.32 Å². The summed E-state index contributed by atoms with van der Waals surface area (Å²) in [7, 11) is 0. The Morgan fingerprint density at radius 1 is 1.05 bits per heavy atom. The number of nitrogens with one attached hydrogen (secondary N) is 1. The van der Waals surface area contributed by atoms with Gasteiger partial charge in [0.15, 0.2) is 0 Å². The first kappa shape index (κ1) is 13.6. The zero-order valence-corrected chi connectivity index (χ0v) is 13.9. The summed E-state index contributed by atoms with van der Waals surface area (Å²) in [5.41, 5.74) is 4.64. The van der Waals surface area contributed by atoms with Gasteiger partial charge in [-0.15, -0.1) is 0 Å². The lowest BCUT2D eigenvalue weighted by Gasteiger charge is -2.06. The Hall–Kier alpha value is -1.39. The average molecular weight is 393 g/mol. The molecule has 0 saturated heterocycles. The Labute approximate surface area is 134 Å². The number of amides is 1. The zero-order valence-electron chi connectivity index (χ0n) is 10.7. The Morgan fingerprint density at radius 3 is 2.45 bits per heavy atom. The quantitative estimate of drug-likeness (QED) is 0.678. The van der Waals surface area contributed by atoms with Crippen LogP contribution < -0.4 is 5.32 Å². The van der Waals surface area contributed by atoms with E-state index in [1.54, 1.807) is 0 Å². The SMILES string of the molecule is Cc1c(Br)ccc2c1C(=Cc1ccc(Br)cc1)C(=O)N2. The van der Waals surface area contributed by atoms with Gasteiger partial charge in [0.1, 0.15) is 0 Å². The molecule has 0 radical (unpaired) electrons. The molecule has 0 unspecified atom stereocenters. The van der Waals surface area contributed by atoms with E-state index in [0.29, 0.717) is 5.57 Å². The first-order valence-corrected chi connectivity index (χ1v) is 7.73. The third-order valence-electron chi connectivity index (χ3n) is 3.34. The molecule has 2 aromatic rings. The number of benzene rings is 2. The lowest BCUT2D eigenvalue weighted by molar-refractivity contribution is -0.110. The first-order valence-electron chi connectivity index (χ1n) is 6.14. The van der Waals surface area contributed by atoms with Crippen LogP contribution >= 0.6 is 31.9 Å². The van der Waals surface area contributed by atoms with Crippen LogP contribution in [0.15, 0.2) is 45.3 Å². The van der Waals surface area contributed by atoms with Crippen molar-refractivity contribution in [3.63, 3.8) is 0 Å². The third-order valence-corrected chi connectivity index (χ3v) is 4.73. The highest BCUT2D eigenvalue weighted by Crippen LogP contribution is 2.38. The summed E-state index contributed by atoms with van der Waals surface area (Å²) in [5.74, 6) is -0.0517. The van der Waals surface area contributed by atoms with E-state index in [4.69, 9.17) is 0 Å². The van der Waals surface area contributed by atoms with Crippen LogP contribution in [0.4, 0.5) is 5.69 Å². The maximum atomic E-state index is 12.2. The standard InChI is InChI=1S/C16H11Br2NO/c1-9-13(18)6-7-14-15(9)12(16(20)19-14)8-10-2-4-11(17)5-3-10/h2-8H,1H3,(H,19,20). The number of carbonyl (C=O) groups excluding carboxylic acids is 1. The maximum Gasteiger partial charge on any atom is 0.256 e. The molecule has 100 valence electrons. The molecule has 0 aliphatic carbocycles. The van der Waals surface area contributed by atoms with E-state index in [1.807, 2.05) is 49.4 Å². The smallest absolute Gasteiger partial charge is 0.256 e. The highest BCUT2D eigenvalue weighted by Gasteiger charge is 2.26. The van der Waals surface area contributed by atoms with Crippen LogP contribution in [0.25, 0.3) is 11.6 Å². The van der Waals surface area contributed by atoms with Gasteiger partial charge >= 0.3 is 0 Å². The molecule has 0 atom stereocenters. The van der Waals surface area contributed by atoms with Gasteiger partial charge in [0.25, 0.3) is 5.91 Å². The topological polar surface area (TPSA) is 29.1 Å². The van der Waals surface area contributed by atoms with Crippen LogP contribution in [0, 0.1) is 6.92 Å². The van der Waals surface area contributed by atoms with Crippen molar-refractivity contribution in [2.45, 2.75) is 6.92 Å². The van der Waals surface area contributed by atoms with Crippen LogP contribution in [0.2, 0.25) is 0 Å². The molecule has 0 fully saturated rings. The normalized spacial score (nSPS) is 15.3. The van der Waals surface area contributed by atoms with Crippen molar-refractivity contribution in [3.05, 3.63) is 62.0 Å². The van der Waals surface area contributed by atoms with E-state index in [0.717, 1.165) is 31.3 Å². The monoisotopic (exact) mass is 391 g/mol. The molecule has 20 heavy (non-hydrogen) atoms. The number of hydrogen-bond donors (Lipinski definition) is 1. The first-order chi connectivity index (χ1) is 9.56. The summed E-state index contributed by atoms with van der Waals surface area (Å²) in [4.78, 5) is 12.2. The number of rotatable bonds is 1. The fourth-order valence-corrected chi connectivity index (χ4v) is 2.90. The molecule has 0 spiro atoms. The second kappa shape index (κ2) is 5.19. The third kappa shape index (κ3) is 2.34. The molecule has 1 amide bonds. The largest absolute Gasteiger partial charge is 0.321 e. The van der Waals surface area contributed by atoms with Crippen molar-refractivity contribution < 1.29 is 4.79 Å². The van der Waals surface area contributed by atoms with E-state index in [2.05, 4.69) is 37.2 Å². The number of fused-ring (bicyclic) bond motifs is 1. The van der Waals surface area contributed by atoms with E-state index < -0.39 is 0 Å². The molecule has 2 nitrogen and oxygen atoms in total. The highest BCUT2D eigenvalue weighted by molar-refractivity contribution is 9.10. The van der Waals surface area contributed by atoms with Gasteiger partial charge in [-0.2, -0.15) is 0 Å². The highest BCUT2D eigenvalue weighted by atomic mass is 79.9. The Bertz CT molecular complexity index is 733. The van der Waals surface area contributed by atoms with Crippen molar-refractivity contribution in [3.8, 4) is 0 Å². The van der Waals surface area contributed by atoms with Gasteiger partial charge in [0, 0.05) is 25.8 Å². The minimum absolute atomic E-state index is 0.0517. The van der Waals surface area contributed by atoms with Crippen LogP contribution in [0.5, 0.6) is 0 Å². The fraction of sp³-hybridized carbons (Fsp3) is 0.0625. The minimum atomic E-state index is -0.0517. The molecule has 1 aliphatic heterocycles. The molecule has 0 bridgehead atoms. The number of hydrogen-bond acceptors (Lipinski definition) is 1. The van der Waals surface area contributed by atoms with E-state index in [9.17, 15) is 4.79 Å². The molecule has 0 aromatic heterocycles. The predicted molar refractivity (Wildman–Crippen MR) is 89.5 cm³/mol. The summed E-state index contributed by atoms with van der Waals surface area (Å²) in [6, 6.07) is 11.8. The van der Waals surface area contributed by atoms with Gasteiger partial charge in [-0.1, -0.05) is 44.0 Å². The van der Waals surface area contributed by atoms with Crippen LogP contribution in [0.1, 0.15) is 16.7 Å². The number of halogens is 2. The lowest BCUT2D eigenvalue weighted by Crippen LogP contribution is -2.03. The van der Waals surface area contributed by atoms with E-state index >= 15 is 0 Å². The van der Waals surface area contributed by atoms with Crippen molar-refractivity contribution in [2.24, 2.45) is 0 Å². The zero-order chi connectivity index (χ0) is 14.3. The predicted octanol–water partition coefficient (Wildman–Crippen LogP) is 5.01. The summed E-state index contributed by atoms with van der Waals surface area (Å²) < 4.78 is 2.03. The van der Waals surface area contributed by atoms with Crippen molar-refractivity contribution in [1.82, 2.24) is 0 Å². The number of carbonyl (C=O) groups is 1. The van der Waals surface area contributed by atoms with Crippen LogP contribution in [0.3, 0.4) is 0 Å². The summed E-state index contributed by atoms with van der Waals surface area (Å²) in [6.07, 6.45) is 1.92. The second-order valence-corrected chi connectivity index (χ2v) is 6.43. The average Bonchev–Trinajstić information content (AvgIpc) is 2.74. The van der Waals surface area contributed by atoms with Crippen LogP contribution in [-0.4, -0.2) is 5.91 Å². The van der Waals surface area contributed by atoms with Gasteiger partial charge in [-0.05, 0) is 48.4 Å².